The fraction of sp³-hybridized carbons (Fsp3) is 0.263. The Kier molecular flexibility index (Phi) is 5.06. The quantitative estimate of drug-likeness (QED) is 0.757. The molecular weight excluding hydrogens is 338 g/mol. The van der Waals surface area contributed by atoms with E-state index in [0.717, 1.165) is 29.1 Å². The van der Waals surface area contributed by atoms with Crippen LogP contribution in [0.4, 0.5) is 0 Å². The SMILES string of the molecule is COc1ccc(Cl)cc1C[NH+](C)Cc1cc(=O)n2cc(C)ccc2n1. The topological polar surface area (TPSA) is 48.0 Å². The van der Waals surface area contributed by atoms with Crippen LogP contribution in [0.15, 0.2) is 47.4 Å². The molecule has 0 aliphatic rings. The number of nitrogens with one attached hydrogen (secondary N) is 1. The fourth-order valence-corrected chi connectivity index (χ4v) is 3.13. The highest BCUT2D eigenvalue weighted by molar-refractivity contribution is 6.30. The molecule has 0 aliphatic carbocycles. The second-order valence-corrected chi connectivity index (χ2v) is 6.72. The zero-order valence-corrected chi connectivity index (χ0v) is 15.3. The first-order valence-corrected chi connectivity index (χ1v) is 8.47. The molecule has 0 saturated carbocycles. The van der Waals surface area contributed by atoms with Gasteiger partial charge in [0.25, 0.3) is 5.56 Å². The summed E-state index contributed by atoms with van der Waals surface area (Å²) in [4.78, 5) is 18.1. The number of aromatic nitrogens is 2. The number of ether oxygens (including phenoxy) is 1. The molecular formula is C19H21ClN3O2+. The summed E-state index contributed by atoms with van der Waals surface area (Å²) in [5.74, 6) is 0.811. The molecule has 1 aromatic carbocycles. The lowest BCUT2D eigenvalue weighted by atomic mass is 10.2. The minimum atomic E-state index is -0.0585. The average molecular weight is 359 g/mol. The van der Waals surface area contributed by atoms with Crippen molar-refractivity contribution in [3.05, 3.63) is 74.8 Å². The van der Waals surface area contributed by atoms with Gasteiger partial charge in [0, 0.05) is 22.8 Å². The fourth-order valence-electron chi connectivity index (χ4n) is 2.93. The molecule has 0 saturated heterocycles. The number of quaternary nitrogens is 1. The number of pyridine rings is 1. The lowest BCUT2D eigenvalue weighted by Gasteiger charge is -2.16. The van der Waals surface area contributed by atoms with Crippen molar-refractivity contribution < 1.29 is 9.64 Å². The molecule has 1 unspecified atom stereocenters. The summed E-state index contributed by atoms with van der Waals surface area (Å²) < 4.78 is 6.98. The van der Waals surface area contributed by atoms with Crippen LogP contribution in [0.1, 0.15) is 16.8 Å². The van der Waals surface area contributed by atoms with Crippen LogP contribution >= 0.6 is 11.6 Å². The van der Waals surface area contributed by atoms with Crippen molar-refractivity contribution >= 4 is 17.2 Å². The highest BCUT2D eigenvalue weighted by Gasteiger charge is 2.12. The first kappa shape index (κ1) is 17.5. The molecule has 0 bridgehead atoms. The van der Waals surface area contributed by atoms with Crippen molar-refractivity contribution in [3.63, 3.8) is 0 Å². The van der Waals surface area contributed by atoms with Crippen molar-refractivity contribution in [3.8, 4) is 5.75 Å². The summed E-state index contributed by atoms with van der Waals surface area (Å²) in [6.07, 6.45) is 1.81. The molecule has 2 aromatic heterocycles. The van der Waals surface area contributed by atoms with Gasteiger partial charge in [0.1, 0.15) is 30.2 Å². The van der Waals surface area contributed by atoms with Crippen molar-refractivity contribution in [2.24, 2.45) is 0 Å². The van der Waals surface area contributed by atoms with Crippen LogP contribution in [0.3, 0.4) is 0 Å². The van der Waals surface area contributed by atoms with E-state index in [1.54, 1.807) is 17.6 Å². The molecule has 130 valence electrons. The molecule has 1 atom stereocenters. The normalized spacial score (nSPS) is 12.3. The van der Waals surface area contributed by atoms with Gasteiger partial charge < -0.3 is 9.64 Å². The van der Waals surface area contributed by atoms with Crippen LogP contribution in [0, 0.1) is 6.92 Å². The lowest BCUT2D eigenvalue weighted by molar-refractivity contribution is -0.908. The molecule has 1 N–H and O–H groups in total. The van der Waals surface area contributed by atoms with Gasteiger partial charge in [-0.2, -0.15) is 0 Å². The van der Waals surface area contributed by atoms with E-state index in [-0.39, 0.29) is 5.56 Å². The summed E-state index contributed by atoms with van der Waals surface area (Å²) >= 11 is 6.10. The standard InChI is InChI=1S/C19H20ClN3O2/c1-13-4-7-18-21-16(9-19(24)23(18)10-13)12-22(2)11-14-8-15(20)5-6-17(14)25-3/h4-10H,11-12H2,1-3H3/p+1. The van der Waals surface area contributed by atoms with Gasteiger partial charge in [0.15, 0.2) is 0 Å². The highest BCUT2D eigenvalue weighted by Crippen LogP contribution is 2.21. The predicted molar refractivity (Wildman–Crippen MR) is 98.5 cm³/mol. The summed E-state index contributed by atoms with van der Waals surface area (Å²) in [7, 11) is 3.70. The van der Waals surface area contributed by atoms with E-state index in [9.17, 15) is 4.79 Å². The Balaban J connectivity index is 1.83. The van der Waals surface area contributed by atoms with Crippen molar-refractivity contribution in [2.45, 2.75) is 20.0 Å². The maximum absolute atomic E-state index is 12.3. The average Bonchev–Trinajstić information content (AvgIpc) is 2.56. The van der Waals surface area contributed by atoms with Gasteiger partial charge in [0.2, 0.25) is 0 Å². The number of halogens is 1. The smallest absolute Gasteiger partial charge is 0.258 e. The van der Waals surface area contributed by atoms with Crippen molar-refractivity contribution in [2.75, 3.05) is 14.2 Å². The first-order chi connectivity index (χ1) is 12.0. The monoisotopic (exact) mass is 358 g/mol. The Morgan fingerprint density at radius 3 is 2.76 bits per heavy atom. The molecule has 3 rings (SSSR count). The van der Waals surface area contributed by atoms with E-state index in [4.69, 9.17) is 16.3 Å². The van der Waals surface area contributed by atoms with Crippen LogP contribution in [-0.2, 0) is 13.1 Å². The van der Waals surface area contributed by atoms with Crippen molar-refractivity contribution in [1.82, 2.24) is 9.38 Å². The molecule has 0 aliphatic heterocycles. The Morgan fingerprint density at radius 1 is 1.20 bits per heavy atom. The van der Waals surface area contributed by atoms with Crippen LogP contribution in [0.25, 0.3) is 5.65 Å². The molecule has 0 spiro atoms. The second-order valence-electron chi connectivity index (χ2n) is 6.29. The van der Waals surface area contributed by atoms with Gasteiger partial charge in [-0.3, -0.25) is 9.20 Å². The van der Waals surface area contributed by atoms with E-state index in [1.165, 1.54) is 4.90 Å². The third-order valence-corrected chi connectivity index (χ3v) is 4.31. The largest absolute Gasteiger partial charge is 0.496 e. The summed E-state index contributed by atoms with van der Waals surface area (Å²) in [6.45, 7) is 3.31. The maximum Gasteiger partial charge on any atom is 0.258 e. The van der Waals surface area contributed by atoms with Crippen LogP contribution in [-0.4, -0.2) is 23.5 Å². The summed E-state index contributed by atoms with van der Waals surface area (Å²) in [6, 6.07) is 11.0. The third-order valence-electron chi connectivity index (χ3n) is 4.08. The molecule has 0 amide bonds. The van der Waals surface area contributed by atoms with Gasteiger partial charge in [-0.1, -0.05) is 17.7 Å². The second kappa shape index (κ2) is 7.25. The van der Waals surface area contributed by atoms with Crippen LogP contribution in [0.2, 0.25) is 5.02 Å². The number of benzene rings is 1. The number of methoxy groups -OCH3 is 1. The van der Waals surface area contributed by atoms with E-state index in [0.29, 0.717) is 17.2 Å². The number of rotatable bonds is 5. The Morgan fingerprint density at radius 2 is 2.00 bits per heavy atom. The molecule has 5 nitrogen and oxygen atoms in total. The molecule has 2 heterocycles. The minimum absolute atomic E-state index is 0.0585. The van der Waals surface area contributed by atoms with E-state index < -0.39 is 0 Å². The molecule has 0 radical (unpaired) electrons. The van der Waals surface area contributed by atoms with Gasteiger partial charge in [-0.25, -0.2) is 4.98 Å². The zero-order valence-electron chi connectivity index (χ0n) is 14.5. The Labute approximate surface area is 151 Å². The molecule has 6 heteroatoms. The Bertz CT molecular complexity index is 969. The Hall–Kier alpha value is -2.37. The number of aryl methyl sites for hydroxylation is 1. The molecule has 25 heavy (non-hydrogen) atoms. The summed E-state index contributed by atoms with van der Waals surface area (Å²) in [5.41, 5.74) is 3.44. The van der Waals surface area contributed by atoms with Gasteiger partial charge in [0.05, 0.1) is 14.2 Å². The zero-order chi connectivity index (χ0) is 18.0. The third kappa shape index (κ3) is 4.00. The number of hydrogen-bond acceptors (Lipinski definition) is 3. The van der Waals surface area contributed by atoms with E-state index >= 15 is 0 Å². The first-order valence-electron chi connectivity index (χ1n) is 8.09. The lowest BCUT2D eigenvalue weighted by Crippen LogP contribution is -3.06. The van der Waals surface area contributed by atoms with E-state index in [1.807, 2.05) is 43.5 Å². The van der Waals surface area contributed by atoms with Gasteiger partial charge >= 0.3 is 0 Å². The van der Waals surface area contributed by atoms with Crippen LogP contribution < -0.4 is 15.2 Å². The predicted octanol–water partition coefficient (Wildman–Crippen LogP) is 1.88. The maximum atomic E-state index is 12.3. The molecule has 0 fully saturated rings. The van der Waals surface area contributed by atoms with Crippen LogP contribution in [0.5, 0.6) is 5.75 Å². The number of hydrogen-bond donors (Lipinski definition) is 1. The van der Waals surface area contributed by atoms with Gasteiger partial charge in [-0.15, -0.1) is 0 Å². The minimum Gasteiger partial charge on any atom is -0.496 e. The molecule has 3 aromatic rings. The van der Waals surface area contributed by atoms with Crippen molar-refractivity contribution in [1.29, 1.82) is 0 Å². The summed E-state index contributed by atoms with van der Waals surface area (Å²) in [5, 5.41) is 0.682. The number of nitrogens with zero attached hydrogens (tertiary/aromatic N) is 2. The number of fused-ring (bicyclic) bond motifs is 1. The highest BCUT2D eigenvalue weighted by atomic mass is 35.5. The van der Waals surface area contributed by atoms with E-state index in [2.05, 4.69) is 12.0 Å². The van der Waals surface area contributed by atoms with Gasteiger partial charge in [-0.05, 0) is 36.8 Å².